The van der Waals surface area contributed by atoms with Gasteiger partial charge in [0, 0.05) is 31.0 Å². The molecule has 1 aliphatic rings. The molecule has 0 amide bonds. The van der Waals surface area contributed by atoms with Gasteiger partial charge in [0.2, 0.25) is 5.95 Å². The van der Waals surface area contributed by atoms with Gasteiger partial charge >= 0.3 is 0 Å². The van der Waals surface area contributed by atoms with Crippen molar-refractivity contribution in [3.63, 3.8) is 0 Å². The Bertz CT molecular complexity index is 534. The maximum atomic E-state index is 4.33. The van der Waals surface area contributed by atoms with Crippen LogP contribution in [0.5, 0.6) is 0 Å². The fraction of sp³-hybridized carbons (Fsp3) is 0.438. The van der Waals surface area contributed by atoms with Gasteiger partial charge < -0.3 is 10.3 Å². The van der Waals surface area contributed by atoms with Crippen LogP contribution in [0.4, 0.5) is 5.95 Å². The van der Waals surface area contributed by atoms with E-state index < -0.39 is 0 Å². The van der Waals surface area contributed by atoms with Gasteiger partial charge in [0.15, 0.2) is 0 Å². The van der Waals surface area contributed by atoms with E-state index in [2.05, 4.69) is 50.5 Å². The van der Waals surface area contributed by atoms with Gasteiger partial charge in [-0.25, -0.2) is 4.98 Å². The molecule has 1 aromatic carbocycles. The zero-order valence-electron chi connectivity index (χ0n) is 12.0. The predicted octanol–water partition coefficient (Wildman–Crippen LogP) is 2.79. The van der Waals surface area contributed by atoms with E-state index in [-0.39, 0.29) is 0 Å². The summed E-state index contributed by atoms with van der Waals surface area (Å²) in [5, 5.41) is 3.51. The molecule has 106 valence electrons. The third-order valence-electron chi connectivity index (χ3n) is 3.80. The maximum Gasteiger partial charge on any atom is 0.200 e. The van der Waals surface area contributed by atoms with Crippen LogP contribution in [-0.4, -0.2) is 34.0 Å². The van der Waals surface area contributed by atoms with Crippen molar-refractivity contribution in [3.05, 3.63) is 47.8 Å². The van der Waals surface area contributed by atoms with E-state index in [4.69, 9.17) is 0 Å². The molecule has 0 saturated carbocycles. The maximum absolute atomic E-state index is 4.33. The number of aryl methyl sites for hydroxylation is 1. The Morgan fingerprint density at radius 1 is 1.35 bits per heavy atom. The van der Waals surface area contributed by atoms with Gasteiger partial charge in [-0.05, 0) is 31.9 Å². The number of hydrogen-bond acceptors (Lipinski definition) is 3. The van der Waals surface area contributed by atoms with Crippen LogP contribution < -0.4 is 5.32 Å². The summed E-state index contributed by atoms with van der Waals surface area (Å²) in [7, 11) is 0. The average Bonchev–Trinajstić information content (AvgIpc) is 2.86. The van der Waals surface area contributed by atoms with Crippen LogP contribution in [0.2, 0.25) is 0 Å². The highest BCUT2D eigenvalue weighted by Gasteiger charge is 2.20. The van der Waals surface area contributed by atoms with Crippen LogP contribution in [0.15, 0.2) is 36.5 Å². The van der Waals surface area contributed by atoms with Crippen molar-refractivity contribution in [1.82, 2.24) is 14.9 Å². The fourth-order valence-electron chi connectivity index (χ4n) is 2.84. The van der Waals surface area contributed by atoms with Crippen molar-refractivity contribution in [2.75, 3.05) is 18.4 Å². The number of piperidine rings is 1. The summed E-state index contributed by atoms with van der Waals surface area (Å²) < 4.78 is 0. The van der Waals surface area contributed by atoms with Gasteiger partial charge in [0.1, 0.15) is 0 Å². The fourth-order valence-corrected chi connectivity index (χ4v) is 2.84. The second-order valence-corrected chi connectivity index (χ2v) is 5.62. The normalized spacial score (nSPS) is 19.9. The molecule has 0 bridgehead atoms. The monoisotopic (exact) mass is 270 g/mol. The van der Waals surface area contributed by atoms with E-state index >= 15 is 0 Å². The molecule has 1 aliphatic heterocycles. The van der Waals surface area contributed by atoms with E-state index in [1.807, 2.05) is 13.1 Å². The molecule has 1 unspecified atom stereocenters. The molecule has 1 fully saturated rings. The second kappa shape index (κ2) is 6.09. The molecule has 20 heavy (non-hydrogen) atoms. The van der Waals surface area contributed by atoms with Crippen molar-refractivity contribution in [1.29, 1.82) is 0 Å². The smallest absolute Gasteiger partial charge is 0.200 e. The van der Waals surface area contributed by atoms with Crippen LogP contribution >= 0.6 is 0 Å². The zero-order chi connectivity index (χ0) is 13.8. The molecule has 1 aromatic heterocycles. The lowest BCUT2D eigenvalue weighted by atomic mass is 10.0. The summed E-state index contributed by atoms with van der Waals surface area (Å²) in [4.78, 5) is 10.1. The number of nitrogens with one attached hydrogen (secondary N) is 2. The molecule has 0 spiro atoms. The molecule has 4 heteroatoms. The van der Waals surface area contributed by atoms with Crippen molar-refractivity contribution in [2.24, 2.45) is 0 Å². The summed E-state index contributed by atoms with van der Waals surface area (Å²) in [6, 6.07) is 11.2. The van der Waals surface area contributed by atoms with Gasteiger partial charge in [-0.15, -0.1) is 0 Å². The summed E-state index contributed by atoms with van der Waals surface area (Å²) in [6.45, 7) is 5.33. The van der Waals surface area contributed by atoms with Crippen LogP contribution in [0.1, 0.15) is 24.1 Å². The lowest BCUT2D eigenvalue weighted by Gasteiger charge is -2.33. The molecule has 3 rings (SSSR count). The first kappa shape index (κ1) is 13.2. The number of rotatable bonds is 4. The van der Waals surface area contributed by atoms with Gasteiger partial charge in [-0.1, -0.05) is 30.3 Å². The summed E-state index contributed by atoms with van der Waals surface area (Å²) in [5.41, 5.74) is 2.49. The quantitative estimate of drug-likeness (QED) is 0.898. The second-order valence-electron chi connectivity index (χ2n) is 5.62. The van der Waals surface area contributed by atoms with Crippen LogP contribution in [0.25, 0.3) is 0 Å². The zero-order valence-corrected chi connectivity index (χ0v) is 12.0. The third kappa shape index (κ3) is 3.39. The first-order valence-electron chi connectivity index (χ1n) is 7.34. The highest BCUT2D eigenvalue weighted by Crippen LogP contribution is 2.16. The van der Waals surface area contributed by atoms with Gasteiger partial charge in [0.05, 0.1) is 0 Å². The summed E-state index contributed by atoms with van der Waals surface area (Å²) in [5.74, 6) is 0.897. The minimum absolute atomic E-state index is 0.484. The molecule has 1 saturated heterocycles. The number of anilines is 1. The first-order valence-corrected chi connectivity index (χ1v) is 7.34. The Morgan fingerprint density at radius 2 is 2.20 bits per heavy atom. The minimum Gasteiger partial charge on any atom is -0.352 e. The van der Waals surface area contributed by atoms with E-state index in [0.29, 0.717) is 6.04 Å². The van der Waals surface area contributed by atoms with Crippen molar-refractivity contribution in [3.8, 4) is 0 Å². The van der Waals surface area contributed by atoms with Crippen molar-refractivity contribution in [2.45, 2.75) is 32.4 Å². The lowest BCUT2D eigenvalue weighted by molar-refractivity contribution is 0.208. The Morgan fingerprint density at radius 3 is 2.95 bits per heavy atom. The molecular formula is C16H22N4. The van der Waals surface area contributed by atoms with Gasteiger partial charge in [-0.2, -0.15) is 0 Å². The lowest BCUT2D eigenvalue weighted by Crippen LogP contribution is -2.41. The van der Waals surface area contributed by atoms with Gasteiger partial charge in [0.25, 0.3) is 0 Å². The van der Waals surface area contributed by atoms with E-state index in [9.17, 15) is 0 Å². The van der Waals surface area contributed by atoms with Crippen LogP contribution in [-0.2, 0) is 6.54 Å². The number of H-pyrrole nitrogens is 1. The summed E-state index contributed by atoms with van der Waals surface area (Å²) >= 11 is 0. The highest BCUT2D eigenvalue weighted by atomic mass is 15.2. The van der Waals surface area contributed by atoms with Crippen LogP contribution in [0.3, 0.4) is 0 Å². The number of aromatic nitrogens is 2. The number of hydrogen-bond donors (Lipinski definition) is 2. The Labute approximate surface area is 120 Å². The number of nitrogens with zero attached hydrogens (tertiary/aromatic N) is 2. The largest absolute Gasteiger partial charge is 0.352 e. The molecule has 2 N–H and O–H groups in total. The topological polar surface area (TPSA) is 44.0 Å². The predicted molar refractivity (Wildman–Crippen MR) is 81.7 cm³/mol. The number of likely N-dealkylation sites (tertiary alicyclic amines) is 1. The van der Waals surface area contributed by atoms with Crippen molar-refractivity contribution >= 4 is 5.95 Å². The van der Waals surface area contributed by atoms with E-state index in [1.54, 1.807) is 0 Å². The highest BCUT2D eigenvalue weighted by molar-refractivity contribution is 5.28. The van der Waals surface area contributed by atoms with Crippen molar-refractivity contribution < 1.29 is 0 Å². The summed E-state index contributed by atoms with van der Waals surface area (Å²) in [6.07, 6.45) is 4.32. The molecule has 0 aliphatic carbocycles. The van der Waals surface area contributed by atoms with Gasteiger partial charge in [-0.3, -0.25) is 4.90 Å². The number of aromatic amines is 1. The SMILES string of the molecule is Cc1cnc(NC2CCCN(Cc3ccccc3)C2)[nH]1. The third-order valence-corrected chi connectivity index (χ3v) is 3.80. The molecule has 1 atom stereocenters. The first-order chi connectivity index (χ1) is 9.79. The average molecular weight is 270 g/mol. The molecule has 0 radical (unpaired) electrons. The Hall–Kier alpha value is -1.81. The van der Waals surface area contributed by atoms with E-state index in [1.165, 1.54) is 24.9 Å². The molecule has 2 aromatic rings. The number of imidazole rings is 1. The molecular weight excluding hydrogens is 248 g/mol. The Balaban J connectivity index is 1.56. The minimum atomic E-state index is 0.484. The Kier molecular flexibility index (Phi) is 4.02. The van der Waals surface area contributed by atoms with Crippen LogP contribution in [0, 0.1) is 6.92 Å². The molecule has 2 heterocycles. The number of benzene rings is 1. The standard InChI is InChI=1S/C16H22N4/c1-13-10-17-16(18-13)19-15-8-5-9-20(12-15)11-14-6-3-2-4-7-14/h2-4,6-7,10,15H,5,8-9,11-12H2,1H3,(H2,17,18,19). The van der Waals surface area contributed by atoms with E-state index in [0.717, 1.165) is 24.7 Å². The molecule has 4 nitrogen and oxygen atoms in total.